The number of nitrogens with zero attached hydrogens (tertiary/aromatic N) is 1. The molecule has 0 saturated heterocycles. The standard InChI is InChI=1S/C17H17N3O3S/c1-11-7-8-12(2)14(9-11)19-16(21)10-18-17-13-5-3-4-6-15(13)24(22,23)20-17/h3-9H,10H2,1-2H3,(H,18,20)(H,19,21). The monoisotopic (exact) mass is 343 g/mol. The average Bonchev–Trinajstić information content (AvgIpc) is 2.80. The van der Waals surface area contributed by atoms with Crippen LogP contribution in [0.5, 0.6) is 0 Å². The highest BCUT2D eigenvalue weighted by molar-refractivity contribution is 7.90. The van der Waals surface area contributed by atoms with Gasteiger partial charge in [-0.05, 0) is 43.2 Å². The van der Waals surface area contributed by atoms with Crippen molar-refractivity contribution >= 4 is 27.5 Å². The molecule has 0 radical (unpaired) electrons. The van der Waals surface area contributed by atoms with E-state index < -0.39 is 10.0 Å². The molecule has 0 bridgehead atoms. The third-order valence-electron chi connectivity index (χ3n) is 3.71. The normalized spacial score (nSPS) is 16.5. The molecular formula is C17H17N3O3S. The number of amides is 1. The molecule has 0 saturated carbocycles. The quantitative estimate of drug-likeness (QED) is 0.893. The molecule has 1 aliphatic rings. The topological polar surface area (TPSA) is 87.6 Å². The van der Waals surface area contributed by atoms with E-state index in [0.717, 1.165) is 16.8 Å². The third-order valence-corrected chi connectivity index (χ3v) is 5.11. The Labute approximate surface area is 140 Å². The van der Waals surface area contributed by atoms with E-state index in [1.54, 1.807) is 18.2 Å². The number of aryl methyl sites for hydroxylation is 2. The van der Waals surface area contributed by atoms with Gasteiger partial charge in [0, 0.05) is 11.3 Å². The number of carbonyl (C=O) groups excluding carboxylic acids is 1. The number of sulfonamides is 1. The molecule has 1 aliphatic heterocycles. The fourth-order valence-corrected chi connectivity index (χ4v) is 3.71. The zero-order valence-electron chi connectivity index (χ0n) is 13.3. The summed E-state index contributed by atoms with van der Waals surface area (Å²) < 4.78 is 26.4. The number of hydrogen-bond acceptors (Lipinski definition) is 4. The number of rotatable bonds is 3. The van der Waals surface area contributed by atoms with Crippen LogP contribution in [0.15, 0.2) is 52.4 Å². The maximum atomic E-state index is 12.1. The number of anilines is 1. The summed E-state index contributed by atoms with van der Waals surface area (Å²) in [5.74, 6) is -0.110. The lowest BCUT2D eigenvalue weighted by atomic mass is 10.1. The predicted molar refractivity (Wildman–Crippen MR) is 92.7 cm³/mol. The summed E-state index contributed by atoms with van der Waals surface area (Å²) in [6, 6.07) is 12.3. The van der Waals surface area contributed by atoms with Gasteiger partial charge in [-0.15, -0.1) is 0 Å². The van der Waals surface area contributed by atoms with E-state index in [-0.39, 0.29) is 23.2 Å². The molecule has 124 valence electrons. The average molecular weight is 343 g/mol. The van der Waals surface area contributed by atoms with Crippen molar-refractivity contribution < 1.29 is 13.2 Å². The smallest absolute Gasteiger partial charge is 0.263 e. The molecule has 0 fully saturated rings. The first-order valence-corrected chi connectivity index (χ1v) is 8.89. The SMILES string of the molecule is Cc1ccc(C)c(NC(=O)CN=C2NS(=O)(=O)c3ccccc32)c1. The van der Waals surface area contributed by atoms with Crippen LogP contribution in [0.3, 0.4) is 0 Å². The van der Waals surface area contributed by atoms with Gasteiger partial charge in [0.25, 0.3) is 10.0 Å². The van der Waals surface area contributed by atoms with Gasteiger partial charge < -0.3 is 5.32 Å². The van der Waals surface area contributed by atoms with Gasteiger partial charge in [-0.1, -0.05) is 24.3 Å². The lowest BCUT2D eigenvalue weighted by molar-refractivity contribution is -0.114. The number of aliphatic imine (C=N–C) groups is 1. The van der Waals surface area contributed by atoms with Gasteiger partial charge in [-0.3, -0.25) is 14.5 Å². The summed E-state index contributed by atoms with van der Waals surface area (Å²) in [6.45, 7) is 3.68. The summed E-state index contributed by atoms with van der Waals surface area (Å²) in [5, 5.41) is 2.80. The van der Waals surface area contributed by atoms with E-state index in [0.29, 0.717) is 5.56 Å². The second kappa shape index (κ2) is 6.09. The van der Waals surface area contributed by atoms with Crippen molar-refractivity contribution in [3.05, 3.63) is 59.2 Å². The molecule has 7 heteroatoms. The first-order chi connectivity index (χ1) is 11.4. The molecule has 6 nitrogen and oxygen atoms in total. The van der Waals surface area contributed by atoms with Crippen molar-refractivity contribution in [2.75, 3.05) is 11.9 Å². The van der Waals surface area contributed by atoms with Crippen molar-refractivity contribution in [1.82, 2.24) is 4.72 Å². The van der Waals surface area contributed by atoms with Gasteiger partial charge in [-0.25, -0.2) is 8.42 Å². The van der Waals surface area contributed by atoms with E-state index in [9.17, 15) is 13.2 Å². The molecule has 0 aliphatic carbocycles. The second-order valence-corrected chi connectivity index (χ2v) is 7.28. The van der Waals surface area contributed by atoms with Crippen molar-refractivity contribution in [2.24, 2.45) is 4.99 Å². The molecule has 24 heavy (non-hydrogen) atoms. The fourth-order valence-electron chi connectivity index (χ4n) is 2.46. The van der Waals surface area contributed by atoms with Crippen LogP contribution in [0.25, 0.3) is 0 Å². The summed E-state index contributed by atoms with van der Waals surface area (Å²) in [7, 11) is -3.59. The Kier molecular flexibility index (Phi) is 4.11. The summed E-state index contributed by atoms with van der Waals surface area (Å²) >= 11 is 0. The third kappa shape index (κ3) is 3.16. The van der Waals surface area contributed by atoms with Crippen LogP contribution in [0.4, 0.5) is 5.69 Å². The Bertz CT molecular complexity index is 949. The van der Waals surface area contributed by atoms with E-state index in [1.165, 1.54) is 6.07 Å². The summed E-state index contributed by atoms with van der Waals surface area (Å²) in [4.78, 5) is 16.4. The zero-order valence-corrected chi connectivity index (χ0v) is 14.1. The Morgan fingerprint density at radius 1 is 1.17 bits per heavy atom. The van der Waals surface area contributed by atoms with Gasteiger partial charge in [0.2, 0.25) is 5.91 Å². The maximum absolute atomic E-state index is 12.1. The van der Waals surface area contributed by atoms with Crippen LogP contribution in [0.1, 0.15) is 16.7 Å². The van der Waals surface area contributed by atoms with Crippen molar-refractivity contribution in [3.8, 4) is 0 Å². The van der Waals surface area contributed by atoms with Gasteiger partial charge in [-0.2, -0.15) is 0 Å². The molecule has 2 aromatic carbocycles. The maximum Gasteiger partial charge on any atom is 0.263 e. The minimum atomic E-state index is -3.59. The van der Waals surface area contributed by atoms with Crippen LogP contribution in [0, 0.1) is 13.8 Å². The summed E-state index contributed by atoms with van der Waals surface area (Å²) in [6.07, 6.45) is 0. The molecule has 0 atom stereocenters. The van der Waals surface area contributed by atoms with Crippen molar-refractivity contribution in [3.63, 3.8) is 0 Å². The highest BCUT2D eigenvalue weighted by Crippen LogP contribution is 2.22. The number of nitrogens with one attached hydrogen (secondary N) is 2. The molecule has 0 unspecified atom stereocenters. The van der Waals surface area contributed by atoms with Crippen LogP contribution in [-0.2, 0) is 14.8 Å². The van der Waals surface area contributed by atoms with E-state index >= 15 is 0 Å². The van der Waals surface area contributed by atoms with Gasteiger partial charge in [0.05, 0.1) is 4.90 Å². The van der Waals surface area contributed by atoms with E-state index in [1.807, 2.05) is 32.0 Å². The number of carbonyl (C=O) groups is 1. The lowest BCUT2D eigenvalue weighted by Crippen LogP contribution is -2.24. The second-order valence-electron chi connectivity index (χ2n) is 5.63. The molecular weight excluding hydrogens is 326 g/mol. The van der Waals surface area contributed by atoms with Crippen LogP contribution >= 0.6 is 0 Å². The Hall–Kier alpha value is -2.67. The van der Waals surface area contributed by atoms with Gasteiger partial charge in [0.1, 0.15) is 12.4 Å². The number of fused-ring (bicyclic) bond motifs is 1. The number of benzene rings is 2. The minimum absolute atomic E-state index is 0.167. The van der Waals surface area contributed by atoms with Gasteiger partial charge in [0.15, 0.2) is 0 Å². The first kappa shape index (κ1) is 16.2. The Morgan fingerprint density at radius 2 is 1.92 bits per heavy atom. The molecule has 2 aromatic rings. The molecule has 1 amide bonds. The van der Waals surface area contributed by atoms with Crippen LogP contribution < -0.4 is 10.0 Å². The van der Waals surface area contributed by atoms with Crippen LogP contribution in [-0.4, -0.2) is 26.7 Å². The van der Waals surface area contributed by atoms with Crippen molar-refractivity contribution in [2.45, 2.75) is 18.7 Å². The number of hydrogen-bond donors (Lipinski definition) is 2. The van der Waals surface area contributed by atoms with Crippen molar-refractivity contribution in [1.29, 1.82) is 0 Å². The number of amidine groups is 1. The molecule has 2 N–H and O–H groups in total. The highest BCUT2D eigenvalue weighted by Gasteiger charge is 2.30. The zero-order chi connectivity index (χ0) is 17.3. The molecule has 1 heterocycles. The van der Waals surface area contributed by atoms with E-state index in [4.69, 9.17) is 0 Å². The summed E-state index contributed by atoms with van der Waals surface area (Å²) in [5.41, 5.74) is 3.21. The fraction of sp³-hybridized carbons (Fsp3) is 0.176. The van der Waals surface area contributed by atoms with Crippen LogP contribution in [0.2, 0.25) is 0 Å². The Morgan fingerprint density at radius 3 is 2.71 bits per heavy atom. The predicted octanol–water partition coefficient (Wildman–Crippen LogP) is 1.98. The minimum Gasteiger partial charge on any atom is -0.324 e. The largest absolute Gasteiger partial charge is 0.324 e. The van der Waals surface area contributed by atoms with Gasteiger partial charge >= 0.3 is 0 Å². The molecule has 3 rings (SSSR count). The highest BCUT2D eigenvalue weighted by atomic mass is 32.2. The molecule has 0 spiro atoms. The lowest BCUT2D eigenvalue weighted by Gasteiger charge is -2.08. The van der Waals surface area contributed by atoms with E-state index in [2.05, 4.69) is 15.0 Å². The Balaban J connectivity index is 1.77. The molecule has 0 aromatic heterocycles. The first-order valence-electron chi connectivity index (χ1n) is 7.40.